The fourth-order valence-corrected chi connectivity index (χ4v) is 4.42. The number of fused-ring (bicyclic) bond motifs is 2. The molecule has 0 radical (unpaired) electrons. The highest BCUT2D eigenvalue weighted by molar-refractivity contribution is 7.22. The molecule has 29 heavy (non-hydrogen) atoms. The highest BCUT2D eigenvalue weighted by Gasteiger charge is 2.19. The van der Waals surface area contributed by atoms with E-state index in [0.717, 1.165) is 50.6 Å². The van der Waals surface area contributed by atoms with Crippen molar-refractivity contribution in [3.8, 4) is 11.1 Å². The maximum atomic E-state index is 11.3. The summed E-state index contributed by atoms with van der Waals surface area (Å²) in [5, 5.41) is 14.7. The van der Waals surface area contributed by atoms with Crippen molar-refractivity contribution >= 4 is 38.4 Å². The van der Waals surface area contributed by atoms with Gasteiger partial charge in [0.25, 0.3) is 0 Å². The molecule has 1 aliphatic carbocycles. The third-order valence-corrected chi connectivity index (χ3v) is 6.02. The van der Waals surface area contributed by atoms with Crippen molar-refractivity contribution in [1.29, 1.82) is 0 Å². The van der Waals surface area contributed by atoms with Crippen LogP contribution in [0.2, 0.25) is 0 Å². The van der Waals surface area contributed by atoms with Gasteiger partial charge >= 0.3 is 5.97 Å². The number of carboxylic acid groups (broad SMARTS) is 1. The zero-order chi connectivity index (χ0) is 19.8. The summed E-state index contributed by atoms with van der Waals surface area (Å²) in [7, 11) is 0. The minimum absolute atomic E-state index is 0.286. The number of nitrogens with zero attached hydrogens (tertiary/aromatic N) is 2. The lowest BCUT2D eigenvalue weighted by molar-refractivity contribution is 0.0697. The van der Waals surface area contributed by atoms with Gasteiger partial charge in [0, 0.05) is 5.56 Å². The maximum absolute atomic E-state index is 11.3. The number of hydrogen-bond acceptors (Lipinski definition) is 5. The first-order valence-corrected chi connectivity index (χ1v) is 10.1. The number of para-hydroxylation sites is 1. The van der Waals surface area contributed by atoms with E-state index in [2.05, 4.69) is 27.6 Å². The van der Waals surface area contributed by atoms with Gasteiger partial charge in [-0.25, -0.2) is 9.78 Å². The Balaban J connectivity index is 1.45. The number of anilines is 1. The topological polar surface area (TPSA) is 74.6 Å². The molecule has 5 rings (SSSR count). The molecule has 0 atom stereocenters. The van der Waals surface area contributed by atoms with Crippen molar-refractivity contribution in [2.24, 2.45) is 5.10 Å². The summed E-state index contributed by atoms with van der Waals surface area (Å²) in [6, 6.07) is 21.3. The number of aromatic nitrogens is 1. The molecule has 2 N–H and O–H groups in total. The molecule has 0 amide bonds. The second-order valence-electron chi connectivity index (χ2n) is 6.91. The van der Waals surface area contributed by atoms with Gasteiger partial charge in [0.1, 0.15) is 0 Å². The molecule has 142 valence electrons. The van der Waals surface area contributed by atoms with Crippen LogP contribution in [0.15, 0.2) is 71.8 Å². The molecule has 5 nitrogen and oxygen atoms in total. The molecule has 0 fully saturated rings. The number of nitrogens with one attached hydrogen (secondary N) is 1. The lowest BCUT2D eigenvalue weighted by atomic mass is 9.99. The Kier molecular flexibility index (Phi) is 4.33. The van der Waals surface area contributed by atoms with E-state index in [1.807, 2.05) is 36.4 Å². The summed E-state index contributed by atoms with van der Waals surface area (Å²) < 4.78 is 1.13. The van der Waals surface area contributed by atoms with Crippen LogP contribution in [0, 0.1) is 0 Å². The van der Waals surface area contributed by atoms with Crippen LogP contribution in [-0.2, 0) is 6.42 Å². The van der Waals surface area contributed by atoms with Gasteiger partial charge < -0.3 is 5.11 Å². The molecule has 0 saturated heterocycles. The van der Waals surface area contributed by atoms with Gasteiger partial charge in [0.15, 0.2) is 0 Å². The summed E-state index contributed by atoms with van der Waals surface area (Å²) in [5.74, 6) is -0.921. The largest absolute Gasteiger partial charge is 0.478 e. The number of hydrogen-bond donors (Lipinski definition) is 2. The lowest BCUT2D eigenvalue weighted by Crippen LogP contribution is -2.00. The van der Waals surface area contributed by atoms with Crippen molar-refractivity contribution in [2.45, 2.75) is 12.8 Å². The monoisotopic (exact) mass is 399 g/mol. The van der Waals surface area contributed by atoms with Crippen molar-refractivity contribution in [1.82, 2.24) is 4.98 Å². The Bertz CT molecular complexity index is 1240. The molecule has 3 aromatic carbocycles. The Morgan fingerprint density at radius 2 is 1.86 bits per heavy atom. The molecule has 1 aliphatic rings. The van der Waals surface area contributed by atoms with E-state index in [4.69, 9.17) is 0 Å². The van der Waals surface area contributed by atoms with E-state index in [-0.39, 0.29) is 5.56 Å². The summed E-state index contributed by atoms with van der Waals surface area (Å²) in [5.41, 5.74) is 9.61. The average molecular weight is 399 g/mol. The van der Waals surface area contributed by atoms with Crippen molar-refractivity contribution in [3.63, 3.8) is 0 Å². The quantitative estimate of drug-likeness (QED) is 0.449. The van der Waals surface area contributed by atoms with Crippen LogP contribution in [0.3, 0.4) is 0 Å². The molecule has 4 aromatic rings. The van der Waals surface area contributed by atoms with Gasteiger partial charge in [-0.2, -0.15) is 5.10 Å². The number of aryl methyl sites for hydroxylation is 1. The molecule has 1 aromatic heterocycles. The third-order valence-electron chi connectivity index (χ3n) is 5.08. The first kappa shape index (κ1) is 17.6. The molecule has 6 heteroatoms. The highest BCUT2D eigenvalue weighted by atomic mass is 32.1. The lowest BCUT2D eigenvalue weighted by Gasteiger charge is -2.07. The normalized spacial score (nSPS) is 14.3. The van der Waals surface area contributed by atoms with E-state index < -0.39 is 5.97 Å². The van der Waals surface area contributed by atoms with Gasteiger partial charge in [0.2, 0.25) is 5.13 Å². The van der Waals surface area contributed by atoms with Gasteiger partial charge in [-0.05, 0) is 59.9 Å². The van der Waals surface area contributed by atoms with Crippen molar-refractivity contribution in [3.05, 3.63) is 83.4 Å². The Hall–Kier alpha value is -3.51. The van der Waals surface area contributed by atoms with Gasteiger partial charge in [0.05, 0.1) is 21.5 Å². The number of carbonyl (C=O) groups is 1. The molecule has 0 unspecified atom stereocenters. The fourth-order valence-electron chi connectivity index (χ4n) is 3.61. The molecule has 0 spiro atoms. The van der Waals surface area contributed by atoms with E-state index in [9.17, 15) is 9.90 Å². The third kappa shape index (κ3) is 3.39. The van der Waals surface area contributed by atoms with Crippen LogP contribution in [0.1, 0.15) is 27.9 Å². The smallest absolute Gasteiger partial charge is 0.335 e. The second-order valence-corrected chi connectivity index (χ2v) is 7.95. The molecular formula is C23H17N3O2S. The zero-order valence-electron chi connectivity index (χ0n) is 15.4. The van der Waals surface area contributed by atoms with Crippen molar-refractivity contribution < 1.29 is 9.90 Å². The summed E-state index contributed by atoms with van der Waals surface area (Å²) in [6.07, 6.45) is 1.82. The van der Waals surface area contributed by atoms with Gasteiger partial charge in [-0.3, -0.25) is 5.43 Å². The number of aromatic carboxylic acids is 1. The SMILES string of the molecule is O=C(O)c1cccc(-c2ccc3c(c2)C(=NNc2nc4ccccc4s2)CC3)c1. The first-order chi connectivity index (χ1) is 14.2. The molecular weight excluding hydrogens is 382 g/mol. The predicted molar refractivity (Wildman–Crippen MR) is 117 cm³/mol. The molecule has 0 bridgehead atoms. The number of benzene rings is 3. The minimum Gasteiger partial charge on any atom is -0.478 e. The van der Waals surface area contributed by atoms with Crippen molar-refractivity contribution in [2.75, 3.05) is 5.43 Å². The molecule has 0 saturated carbocycles. The molecule has 0 aliphatic heterocycles. The zero-order valence-corrected chi connectivity index (χ0v) is 16.2. The van der Waals surface area contributed by atoms with Crippen LogP contribution in [0.5, 0.6) is 0 Å². The van der Waals surface area contributed by atoms with Crippen LogP contribution < -0.4 is 5.43 Å². The summed E-state index contributed by atoms with van der Waals surface area (Å²) in [6.45, 7) is 0. The van der Waals surface area contributed by atoms with E-state index >= 15 is 0 Å². The van der Waals surface area contributed by atoms with Crippen LogP contribution in [0.25, 0.3) is 21.3 Å². The standard InChI is InChI=1S/C23H17N3O2S/c27-22(28)17-5-3-4-15(12-17)16-9-8-14-10-11-19(18(14)13-16)25-26-23-24-20-6-1-2-7-21(20)29-23/h1-9,12-13H,10-11H2,(H,24,26)(H,27,28). The Labute approximate surface area is 171 Å². The summed E-state index contributed by atoms with van der Waals surface area (Å²) >= 11 is 1.58. The average Bonchev–Trinajstić information content (AvgIpc) is 3.35. The number of hydrazone groups is 1. The second kappa shape index (κ2) is 7.14. The molecule has 1 heterocycles. The number of rotatable bonds is 4. The van der Waals surface area contributed by atoms with Gasteiger partial charge in [-0.1, -0.05) is 47.7 Å². The van der Waals surface area contributed by atoms with Crippen LogP contribution >= 0.6 is 11.3 Å². The van der Waals surface area contributed by atoms with E-state index in [0.29, 0.717) is 0 Å². The fraction of sp³-hybridized carbons (Fsp3) is 0.0870. The highest BCUT2D eigenvalue weighted by Crippen LogP contribution is 2.30. The van der Waals surface area contributed by atoms with Crippen LogP contribution in [0.4, 0.5) is 5.13 Å². The van der Waals surface area contributed by atoms with E-state index in [1.165, 1.54) is 5.56 Å². The number of thiazole rings is 1. The number of carboxylic acids is 1. The Morgan fingerprint density at radius 3 is 2.72 bits per heavy atom. The maximum Gasteiger partial charge on any atom is 0.335 e. The van der Waals surface area contributed by atoms with Gasteiger partial charge in [-0.15, -0.1) is 0 Å². The first-order valence-electron chi connectivity index (χ1n) is 9.32. The predicted octanol–water partition coefficient (Wildman–Crippen LogP) is 5.42. The Morgan fingerprint density at radius 1 is 1.00 bits per heavy atom. The van der Waals surface area contributed by atoms with E-state index in [1.54, 1.807) is 29.5 Å². The van der Waals surface area contributed by atoms with Crippen LogP contribution in [-0.4, -0.2) is 21.8 Å². The summed E-state index contributed by atoms with van der Waals surface area (Å²) in [4.78, 5) is 15.8. The minimum atomic E-state index is -0.921.